The Bertz CT molecular complexity index is 908. The quantitative estimate of drug-likeness (QED) is 0.566. The molecule has 154 valence electrons. The predicted molar refractivity (Wildman–Crippen MR) is 119 cm³/mol. The second-order valence-corrected chi connectivity index (χ2v) is 7.85. The summed E-state index contributed by atoms with van der Waals surface area (Å²) >= 11 is 13.7. The fourth-order valence-electron chi connectivity index (χ4n) is 2.53. The molecule has 29 heavy (non-hydrogen) atoms. The highest BCUT2D eigenvalue weighted by Gasteiger charge is 2.23. The van der Waals surface area contributed by atoms with Crippen molar-refractivity contribution < 1.29 is 14.4 Å². The van der Waals surface area contributed by atoms with E-state index in [-0.39, 0.29) is 16.5 Å². The van der Waals surface area contributed by atoms with Crippen LogP contribution < -0.4 is 16.0 Å². The van der Waals surface area contributed by atoms with E-state index >= 15 is 0 Å². The molecule has 0 aromatic heterocycles. The molecule has 0 aliphatic rings. The van der Waals surface area contributed by atoms with Crippen molar-refractivity contribution in [2.75, 3.05) is 24.4 Å². The first-order valence-electron chi connectivity index (χ1n) is 8.74. The number of hydrogen-bond acceptors (Lipinski definition) is 4. The van der Waals surface area contributed by atoms with Crippen LogP contribution >= 0.6 is 35.0 Å². The maximum Gasteiger partial charge on any atom is 0.253 e. The standard InChI is InChI=1S/C20H21Cl2N3O3S/c1-23-18(26)14-11-12(7-8-16(14)22)24-20(28)17(9-10-29-2)25-19(27)13-5-3-4-6-15(13)21/h3-8,11,17H,9-10H2,1-2H3,(H,23,26)(H,24,28)(H,25,27). The average Bonchev–Trinajstić information content (AvgIpc) is 2.71. The van der Waals surface area contributed by atoms with Crippen LogP contribution in [-0.4, -0.2) is 42.8 Å². The highest BCUT2D eigenvalue weighted by atomic mass is 35.5. The Hall–Kier alpha value is -2.22. The number of thioether (sulfide) groups is 1. The van der Waals surface area contributed by atoms with Crippen molar-refractivity contribution in [1.82, 2.24) is 10.6 Å². The van der Waals surface area contributed by atoms with E-state index < -0.39 is 17.9 Å². The van der Waals surface area contributed by atoms with Gasteiger partial charge in [0.15, 0.2) is 0 Å². The van der Waals surface area contributed by atoms with Crippen molar-refractivity contribution in [2.24, 2.45) is 0 Å². The van der Waals surface area contributed by atoms with E-state index in [4.69, 9.17) is 23.2 Å². The van der Waals surface area contributed by atoms with Crippen molar-refractivity contribution in [3.05, 3.63) is 63.6 Å². The first kappa shape index (κ1) is 23.1. The second-order valence-electron chi connectivity index (χ2n) is 6.05. The zero-order valence-electron chi connectivity index (χ0n) is 15.9. The molecule has 1 unspecified atom stereocenters. The molecule has 2 aromatic rings. The molecule has 0 saturated heterocycles. The number of anilines is 1. The maximum atomic E-state index is 12.8. The lowest BCUT2D eigenvalue weighted by Crippen LogP contribution is -2.44. The van der Waals surface area contributed by atoms with E-state index in [0.717, 1.165) is 0 Å². The molecular weight excluding hydrogens is 433 g/mol. The van der Waals surface area contributed by atoms with Crippen molar-refractivity contribution in [1.29, 1.82) is 0 Å². The van der Waals surface area contributed by atoms with Crippen LogP contribution in [0.3, 0.4) is 0 Å². The van der Waals surface area contributed by atoms with Gasteiger partial charge in [-0.3, -0.25) is 14.4 Å². The molecular formula is C20H21Cl2N3O3S. The van der Waals surface area contributed by atoms with Crippen molar-refractivity contribution in [3.63, 3.8) is 0 Å². The van der Waals surface area contributed by atoms with Crippen LogP contribution in [0.25, 0.3) is 0 Å². The summed E-state index contributed by atoms with van der Waals surface area (Å²) in [5.41, 5.74) is 0.941. The number of halogens is 2. The van der Waals surface area contributed by atoms with Crippen LogP contribution in [0.2, 0.25) is 10.0 Å². The van der Waals surface area contributed by atoms with Crippen molar-refractivity contribution in [2.45, 2.75) is 12.5 Å². The van der Waals surface area contributed by atoms with Crippen LogP contribution in [0.1, 0.15) is 27.1 Å². The Balaban J connectivity index is 2.18. The van der Waals surface area contributed by atoms with Gasteiger partial charge in [-0.25, -0.2) is 0 Å². The third kappa shape index (κ3) is 6.39. The van der Waals surface area contributed by atoms with Crippen LogP contribution in [0.5, 0.6) is 0 Å². The molecule has 3 N–H and O–H groups in total. The predicted octanol–water partition coefficient (Wildman–Crippen LogP) is 3.84. The summed E-state index contributed by atoms with van der Waals surface area (Å²) in [6.07, 6.45) is 2.35. The number of rotatable bonds is 8. The van der Waals surface area contributed by atoms with Gasteiger partial charge in [-0.05, 0) is 48.8 Å². The van der Waals surface area contributed by atoms with Gasteiger partial charge in [-0.2, -0.15) is 11.8 Å². The number of carbonyl (C=O) groups is 3. The molecule has 2 aromatic carbocycles. The summed E-state index contributed by atoms with van der Waals surface area (Å²) in [6, 6.07) is 10.5. The Morgan fingerprint density at radius 2 is 1.69 bits per heavy atom. The Morgan fingerprint density at radius 3 is 2.34 bits per heavy atom. The lowest BCUT2D eigenvalue weighted by atomic mass is 10.1. The molecule has 0 saturated carbocycles. The molecule has 0 fully saturated rings. The van der Waals surface area contributed by atoms with Crippen molar-refractivity contribution in [3.8, 4) is 0 Å². The van der Waals surface area contributed by atoms with Crippen molar-refractivity contribution >= 4 is 58.4 Å². The zero-order valence-corrected chi connectivity index (χ0v) is 18.3. The number of carbonyl (C=O) groups excluding carboxylic acids is 3. The summed E-state index contributed by atoms with van der Waals surface area (Å²) in [4.78, 5) is 37.3. The van der Waals surface area contributed by atoms with Crippen LogP contribution in [-0.2, 0) is 4.79 Å². The number of amides is 3. The molecule has 6 nitrogen and oxygen atoms in total. The lowest BCUT2D eigenvalue weighted by molar-refractivity contribution is -0.118. The first-order chi connectivity index (χ1) is 13.9. The average molecular weight is 454 g/mol. The third-order valence-electron chi connectivity index (χ3n) is 4.06. The molecule has 1 atom stereocenters. The van der Waals surface area contributed by atoms with Crippen LogP contribution in [0.15, 0.2) is 42.5 Å². The molecule has 0 radical (unpaired) electrons. The Labute approximate surface area is 183 Å². The van der Waals surface area contributed by atoms with Crippen LogP contribution in [0, 0.1) is 0 Å². The topological polar surface area (TPSA) is 87.3 Å². The van der Waals surface area contributed by atoms with Gasteiger partial charge in [-0.15, -0.1) is 0 Å². The number of benzene rings is 2. The maximum absolute atomic E-state index is 12.8. The smallest absolute Gasteiger partial charge is 0.253 e. The zero-order chi connectivity index (χ0) is 21.4. The fourth-order valence-corrected chi connectivity index (χ4v) is 3.42. The van der Waals surface area contributed by atoms with Gasteiger partial charge < -0.3 is 16.0 Å². The van der Waals surface area contributed by atoms with E-state index in [9.17, 15) is 14.4 Å². The minimum atomic E-state index is -0.773. The Kier molecular flexibility index (Phi) is 8.82. The normalized spacial score (nSPS) is 11.4. The Morgan fingerprint density at radius 1 is 1.00 bits per heavy atom. The molecule has 3 amide bonds. The SMILES string of the molecule is CNC(=O)c1cc(NC(=O)C(CCSC)NC(=O)c2ccccc2Cl)ccc1Cl. The molecule has 9 heteroatoms. The van der Waals surface area contributed by atoms with Gasteiger partial charge in [0.05, 0.1) is 21.2 Å². The summed E-state index contributed by atoms with van der Waals surface area (Å²) in [6.45, 7) is 0. The van der Waals surface area contributed by atoms with Gasteiger partial charge in [0.25, 0.3) is 11.8 Å². The van der Waals surface area contributed by atoms with Gasteiger partial charge in [0, 0.05) is 12.7 Å². The summed E-state index contributed by atoms with van der Waals surface area (Å²) in [5, 5.41) is 8.54. The van der Waals surface area contributed by atoms with Crippen LogP contribution in [0.4, 0.5) is 5.69 Å². The fraction of sp³-hybridized carbons (Fsp3) is 0.250. The van der Waals surface area contributed by atoms with E-state index in [1.54, 1.807) is 42.1 Å². The van der Waals surface area contributed by atoms with Gasteiger partial charge >= 0.3 is 0 Å². The molecule has 2 rings (SSSR count). The third-order valence-corrected chi connectivity index (χ3v) is 5.36. The highest BCUT2D eigenvalue weighted by molar-refractivity contribution is 7.98. The summed E-state index contributed by atoms with van der Waals surface area (Å²) in [7, 11) is 1.49. The summed E-state index contributed by atoms with van der Waals surface area (Å²) < 4.78 is 0. The molecule has 0 aliphatic carbocycles. The molecule has 0 heterocycles. The molecule has 0 aliphatic heterocycles. The minimum Gasteiger partial charge on any atom is -0.355 e. The number of nitrogens with one attached hydrogen (secondary N) is 3. The van der Waals surface area contributed by atoms with Gasteiger partial charge in [0.2, 0.25) is 5.91 Å². The number of hydrogen-bond donors (Lipinski definition) is 3. The minimum absolute atomic E-state index is 0.243. The highest BCUT2D eigenvalue weighted by Crippen LogP contribution is 2.21. The lowest BCUT2D eigenvalue weighted by Gasteiger charge is -2.19. The first-order valence-corrected chi connectivity index (χ1v) is 10.9. The van der Waals surface area contributed by atoms with E-state index in [0.29, 0.717) is 28.4 Å². The monoisotopic (exact) mass is 453 g/mol. The second kappa shape index (κ2) is 11.1. The van der Waals surface area contributed by atoms with E-state index in [1.807, 2.05) is 6.26 Å². The van der Waals surface area contributed by atoms with E-state index in [2.05, 4.69) is 16.0 Å². The van der Waals surface area contributed by atoms with E-state index in [1.165, 1.54) is 19.2 Å². The summed E-state index contributed by atoms with van der Waals surface area (Å²) in [5.74, 6) is -0.522. The molecule has 0 bridgehead atoms. The largest absolute Gasteiger partial charge is 0.355 e. The molecule has 0 spiro atoms. The van der Waals surface area contributed by atoms with Gasteiger partial charge in [0.1, 0.15) is 6.04 Å². The van der Waals surface area contributed by atoms with Gasteiger partial charge in [-0.1, -0.05) is 35.3 Å².